The van der Waals surface area contributed by atoms with Crippen LogP contribution in [0.4, 0.5) is 0 Å². The lowest BCUT2D eigenvalue weighted by atomic mass is 9.95. The van der Waals surface area contributed by atoms with Crippen molar-refractivity contribution in [2.45, 2.75) is 57.1 Å². The van der Waals surface area contributed by atoms with Crippen LogP contribution in [0, 0.1) is 5.92 Å². The van der Waals surface area contributed by atoms with E-state index in [-0.39, 0.29) is 6.10 Å². The van der Waals surface area contributed by atoms with Gasteiger partial charge in [0.25, 0.3) is 0 Å². The molecule has 76 valence electrons. The van der Waals surface area contributed by atoms with Gasteiger partial charge in [-0.15, -0.1) is 0 Å². The van der Waals surface area contributed by atoms with Crippen LogP contribution >= 0.6 is 0 Å². The molecule has 0 aromatic heterocycles. The maximum atomic E-state index is 9.66. The van der Waals surface area contributed by atoms with E-state index < -0.39 is 0 Å². The smallest absolute Gasteiger partial charge is 0.0692 e. The maximum Gasteiger partial charge on any atom is 0.0692 e. The normalized spacial score (nSPS) is 27.5. The monoisotopic (exact) mass is 183 g/mol. The summed E-state index contributed by atoms with van der Waals surface area (Å²) >= 11 is 0. The van der Waals surface area contributed by atoms with Gasteiger partial charge in [-0.3, -0.25) is 0 Å². The molecule has 2 aliphatic carbocycles. The van der Waals surface area contributed by atoms with Crippen LogP contribution in [0.1, 0.15) is 44.9 Å². The SMILES string of the molecule is OC(CNC1CCCCC1)C1CC1. The van der Waals surface area contributed by atoms with Crippen LogP contribution < -0.4 is 5.32 Å². The Morgan fingerprint density at radius 1 is 1.08 bits per heavy atom. The highest BCUT2D eigenvalue weighted by molar-refractivity contribution is 4.83. The van der Waals surface area contributed by atoms with Gasteiger partial charge in [-0.1, -0.05) is 19.3 Å². The van der Waals surface area contributed by atoms with Gasteiger partial charge in [-0.05, 0) is 31.6 Å². The highest BCUT2D eigenvalue weighted by Crippen LogP contribution is 2.32. The first-order valence-electron chi connectivity index (χ1n) is 5.78. The fourth-order valence-corrected chi connectivity index (χ4v) is 2.24. The molecule has 1 unspecified atom stereocenters. The molecule has 2 N–H and O–H groups in total. The molecule has 2 rings (SSSR count). The molecule has 2 aliphatic rings. The summed E-state index contributed by atoms with van der Waals surface area (Å²) in [5.41, 5.74) is 0. The van der Waals surface area contributed by atoms with E-state index >= 15 is 0 Å². The molecule has 2 nitrogen and oxygen atoms in total. The van der Waals surface area contributed by atoms with Crippen molar-refractivity contribution in [3.63, 3.8) is 0 Å². The lowest BCUT2D eigenvalue weighted by Gasteiger charge is -2.24. The largest absolute Gasteiger partial charge is 0.392 e. The van der Waals surface area contributed by atoms with Crippen LogP contribution in [0.25, 0.3) is 0 Å². The minimum Gasteiger partial charge on any atom is -0.392 e. The number of hydrogen-bond acceptors (Lipinski definition) is 2. The minimum atomic E-state index is -0.0677. The lowest BCUT2D eigenvalue weighted by Crippen LogP contribution is -2.37. The van der Waals surface area contributed by atoms with Crippen LogP contribution in [0.5, 0.6) is 0 Å². The van der Waals surface area contributed by atoms with Crippen LogP contribution in [-0.2, 0) is 0 Å². The Morgan fingerprint density at radius 2 is 1.77 bits per heavy atom. The second kappa shape index (κ2) is 4.43. The van der Waals surface area contributed by atoms with E-state index in [0.717, 1.165) is 6.54 Å². The maximum absolute atomic E-state index is 9.66. The lowest BCUT2D eigenvalue weighted by molar-refractivity contribution is 0.141. The van der Waals surface area contributed by atoms with Crippen molar-refractivity contribution < 1.29 is 5.11 Å². The summed E-state index contributed by atoms with van der Waals surface area (Å²) in [6, 6.07) is 0.696. The van der Waals surface area contributed by atoms with E-state index in [1.54, 1.807) is 0 Å². The minimum absolute atomic E-state index is 0.0677. The third kappa shape index (κ3) is 2.96. The van der Waals surface area contributed by atoms with Crippen molar-refractivity contribution >= 4 is 0 Å². The zero-order chi connectivity index (χ0) is 9.10. The van der Waals surface area contributed by atoms with Gasteiger partial charge in [0, 0.05) is 12.6 Å². The standard InChI is InChI=1S/C11H21NO/c13-11(9-6-7-9)8-12-10-4-2-1-3-5-10/h9-13H,1-8H2. The van der Waals surface area contributed by atoms with Gasteiger partial charge in [0.1, 0.15) is 0 Å². The fourth-order valence-electron chi connectivity index (χ4n) is 2.24. The van der Waals surface area contributed by atoms with Crippen molar-refractivity contribution in [3.05, 3.63) is 0 Å². The fraction of sp³-hybridized carbons (Fsp3) is 1.00. The quantitative estimate of drug-likeness (QED) is 0.695. The Morgan fingerprint density at radius 3 is 2.38 bits per heavy atom. The van der Waals surface area contributed by atoms with E-state index in [1.165, 1.54) is 44.9 Å². The van der Waals surface area contributed by atoms with E-state index in [1.807, 2.05) is 0 Å². The molecular formula is C11H21NO. The van der Waals surface area contributed by atoms with Gasteiger partial charge in [-0.2, -0.15) is 0 Å². The Bertz CT molecular complexity index is 150. The van der Waals surface area contributed by atoms with Crippen molar-refractivity contribution in [2.24, 2.45) is 5.92 Å². The molecule has 13 heavy (non-hydrogen) atoms. The molecule has 0 bridgehead atoms. The molecule has 0 aromatic carbocycles. The first-order chi connectivity index (χ1) is 6.36. The number of aliphatic hydroxyl groups is 1. The molecule has 0 amide bonds. The topological polar surface area (TPSA) is 32.3 Å². The highest BCUT2D eigenvalue weighted by atomic mass is 16.3. The van der Waals surface area contributed by atoms with E-state index in [4.69, 9.17) is 0 Å². The summed E-state index contributed by atoms with van der Waals surface area (Å²) in [4.78, 5) is 0. The summed E-state index contributed by atoms with van der Waals surface area (Å²) in [7, 11) is 0. The summed E-state index contributed by atoms with van der Waals surface area (Å²) in [5, 5.41) is 13.1. The van der Waals surface area contributed by atoms with Crippen LogP contribution in [0.15, 0.2) is 0 Å². The van der Waals surface area contributed by atoms with E-state index in [2.05, 4.69) is 5.32 Å². The van der Waals surface area contributed by atoms with Crippen molar-refractivity contribution in [1.29, 1.82) is 0 Å². The Kier molecular flexibility index (Phi) is 3.23. The third-order valence-electron chi connectivity index (χ3n) is 3.39. The molecule has 1 atom stereocenters. The molecule has 0 aromatic rings. The van der Waals surface area contributed by atoms with Crippen LogP contribution in [0.2, 0.25) is 0 Å². The summed E-state index contributed by atoms with van der Waals surface area (Å²) in [5.74, 6) is 0.621. The molecule has 0 heterocycles. The number of rotatable bonds is 4. The zero-order valence-electron chi connectivity index (χ0n) is 8.34. The van der Waals surface area contributed by atoms with Gasteiger partial charge in [0.2, 0.25) is 0 Å². The Balaban J connectivity index is 1.60. The van der Waals surface area contributed by atoms with Gasteiger partial charge in [-0.25, -0.2) is 0 Å². The van der Waals surface area contributed by atoms with Crippen LogP contribution in [0.3, 0.4) is 0 Å². The third-order valence-corrected chi connectivity index (χ3v) is 3.39. The number of aliphatic hydroxyl groups excluding tert-OH is 1. The molecular weight excluding hydrogens is 162 g/mol. The Hall–Kier alpha value is -0.0800. The average Bonchev–Trinajstić information content (AvgIpc) is 2.99. The van der Waals surface area contributed by atoms with Crippen molar-refractivity contribution in [2.75, 3.05) is 6.54 Å². The number of nitrogens with one attached hydrogen (secondary N) is 1. The molecule has 2 saturated carbocycles. The summed E-state index contributed by atoms with van der Waals surface area (Å²) < 4.78 is 0. The van der Waals surface area contributed by atoms with Gasteiger partial charge in [0.15, 0.2) is 0 Å². The number of hydrogen-bond donors (Lipinski definition) is 2. The second-order valence-electron chi connectivity index (χ2n) is 4.65. The van der Waals surface area contributed by atoms with Gasteiger partial charge in [0.05, 0.1) is 6.10 Å². The van der Waals surface area contributed by atoms with Gasteiger partial charge < -0.3 is 10.4 Å². The predicted molar refractivity (Wildman–Crippen MR) is 53.6 cm³/mol. The summed E-state index contributed by atoms with van der Waals surface area (Å²) in [6.45, 7) is 0.829. The van der Waals surface area contributed by atoms with Gasteiger partial charge >= 0.3 is 0 Å². The molecule has 2 heteroatoms. The van der Waals surface area contributed by atoms with Crippen LogP contribution in [-0.4, -0.2) is 23.8 Å². The predicted octanol–water partition coefficient (Wildman–Crippen LogP) is 1.68. The van der Waals surface area contributed by atoms with E-state index in [9.17, 15) is 5.11 Å². The zero-order valence-corrected chi connectivity index (χ0v) is 8.34. The average molecular weight is 183 g/mol. The summed E-state index contributed by atoms with van der Waals surface area (Å²) in [6.07, 6.45) is 9.20. The molecule has 2 fully saturated rings. The molecule has 0 spiro atoms. The first-order valence-corrected chi connectivity index (χ1v) is 5.78. The van der Waals surface area contributed by atoms with Crippen molar-refractivity contribution in [3.8, 4) is 0 Å². The van der Waals surface area contributed by atoms with E-state index in [0.29, 0.717) is 12.0 Å². The molecule has 0 saturated heterocycles. The Labute approximate surface area is 80.7 Å². The highest BCUT2D eigenvalue weighted by Gasteiger charge is 2.29. The second-order valence-corrected chi connectivity index (χ2v) is 4.65. The van der Waals surface area contributed by atoms with Crippen molar-refractivity contribution in [1.82, 2.24) is 5.32 Å². The first kappa shape index (κ1) is 9.47. The molecule has 0 aliphatic heterocycles. The molecule has 0 radical (unpaired) electrons.